The lowest BCUT2D eigenvalue weighted by Gasteiger charge is -2.58. The molecule has 0 spiro atoms. The maximum atomic E-state index is 13.7. The Hall–Kier alpha value is -2.88. The Morgan fingerprint density at radius 3 is 2.44 bits per heavy atom. The van der Waals surface area contributed by atoms with E-state index in [1.165, 1.54) is 6.92 Å². The fraction of sp³-hybridized carbons (Fsp3) is 0.692. The number of hydrogen-bond acceptors (Lipinski definition) is 6. The Labute approximate surface area is 212 Å². The van der Waals surface area contributed by atoms with Crippen LogP contribution in [0.15, 0.2) is 12.3 Å². The second-order valence-electron chi connectivity index (χ2n) is 11.8. The third kappa shape index (κ3) is 4.63. The van der Waals surface area contributed by atoms with Crippen molar-refractivity contribution >= 4 is 29.7 Å². The summed E-state index contributed by atoms with van der Waals surface area (Å²) in [7, 11) is 0. The normalized spacial score (nSPS) is 31.6. The number of nitrogens with zero attached hydrogens (tertiary/aromatic N) is 3. The van der Waals surface area contributed by atoms with Crippen LogP contribution in [-0.4, -0.2) is 65.4 Å². The van der Waals surface area contributed by atoms with Crippen molar-refractivity contribution < 1.29 is 19.1 Å². The molecule has 4 saturated carbocycles. The second-order valence-corrected chi connectivity index (χ2v) is 11.8. The maximum absolute atomic E-state index is 13.7. The Kier molecular flexibility index (Phi) is 6.34. The maximum Gasteiger partial charge on any atom is 0.256 e. The third-order valence-electron chi connectivity index (χ3n) is 8.55. The Morgan fingerprint density at radius 2 is 1.83 bits per heavy atom. The number of primary amides is 1. The van der Waals surface area contributed by atoms with Crippen molar-refractivity contribution in [1.82, 2.24) is 20.4 Å². The minimum absolute atomic E-state index is 0.0525. The molecule has 3 amide bonds. The number of nitrogens with two attached hydrogens (primary N) is 1. The molecular formula is C26H38N6O4. The Morgan fingerprint density at radius 1 is 1.17 bits per heavy atom. The zero-order valence-corrected chi connectivity index (χ0v) is 21.5. The largest absolute Gasteiger partial charge is 0.378 e. The molecule has 196 valence electrons. The van der Waals surface area contributed by atoms with Crippen molar-refractivity contribution in [3.05, 3.63) is 17.8 Å². The van der Waals surface area contributed by atoms with E-state index < -0.39 is 5.54 Å². The summed E-state index contributed by atoms with van der Waals surface area (Å²) in [4.78, 5) is 39.7. The molecule has 4 N–H and O–H groups in total. The minimum atomic E-state index is -0.570. The predicted octanol–water partition coefficient (Wildman–Crippen LogP) is 1.52. The van der Waals surface area contributed by atoms with Gasteiger partial charge >= 0.3 is 0 Å². The standard InChI is InChI=1S/C26H38N6O4/c1-16(33)30-25(2,3)4-5-32-23(31-6-8-36-9-7-31)20(15-28-32)22(34)29-21-18-10-17-11-19(21)14-26(12-17,13-18)24(27)35/h4-5,15,17-19,21H,6-14H2,1-3H3,(H2,27,35)(H,29,34)(H,30,33). The van der Waals surface area contributed by atoms with Gasteiger partial charge in [-0.1, -0.05) is 0 Å². The van der Waals surface area contributed by atoms with Gasteiger partial charge in [0.1, 0.15) is 11.4 Å². The number of nitrogens with one attached hydrogen (secondary N) is 2. The smallest absolute Gasteiger partial charge is 0.256 e. The second kappa shape index (κ2) is 9.21. The van der Waals surface area contributed by atoms with Crippen LogP contribution in [0.3, 0.4) is 0 Å². The van der Waals surface area contributed by atoms with Crippen LogP contribution in [0.25, 0.3) is 6.20 Å². The first-order valence-electron chi connectivity index (χ1n) is 13.1. The van der Waals surface area contributed by atoms with E-state index in [1.807, 2.05) is 19.9 Å². The number of hydrogen-bond donors (Lipinski definition) is 3. The number of carbonyl (C=O) groups excluding carboxylic acids is 3. The average molecular weight is 499 g/mol. The summed E-state index contributed by atoms with van der Waals surface area (Å²) < 4.78 is 7.25. The molecule has 4 aliphatic carbocycles. The van der Waals surface area contributed by atoms with E-state index in [0.717, 1.165) is 37.9 Å². The van der Waals surface area contributed by atoms with Gasteiger partial charge in [0.2, 0.25) is 11.8 Å². The molecule has 4 bridgehead atoms. The molecule has 1 aromatic rings. The molecule has 5 aliphatic rings. The van der Waals surface area contributed by atoms with Crippen LogP contribution in [-0.2, 0) is 14.3 Å². The van der Waals surface area contributed by atoms with Gasteiger partial charge in [-0.25, -0.2) is 4.68 Å². The molecule has 6 rings (SSSR count). The lowest BCUT2D eigenvalue weighted by Crippen LogP contribution is -2.62. The van der Waals surface area contributed by atoms with Gasteiger partial charge in [0.25, 0.3) is 5.91 Å². The summed E-state index contributed by atoms with van der Waals surface area (Å²) in [5.74, 6) is 1.41. The molecule has 2 heterocycles. The molecule has 5 fully saturated rings. The van der Waals surface area contributed by atoms with Crippen molar-refractivity contribution in [1.29, 1.82) is 0 Å². The number of rotatable bonds is 7. The van der Waals surface area contributed by atoms with Gasteiger partial charge in [0, 0.05) is 37.7 Å². The predicted molar refractivity (Wildman–Crippen MR) is 135 cm³/mol. The van der Waals surface area contributed by atoms with Crippen LogP contribution in [0.5, 0.6) is 0 Å². The third-order valence-corrected chi connectivity index (χ3v) is 8.55. The van der Waals surface area contributed by atoms with E-state index in [-0.39, 0.29) is 41.0 Å². The van der Waals surface area contributed by atoms with Gasteiger partial charge in [-0.15, -0.1) is 0 Å². The molecule has 0 aromatic carbocycles. The highest BCUT2D eigenvalue weighted by molar-refractivity contribution is 5.99. The van der Waals surface area contributed by atoms with Gasteiger partial charge in [-0.2, -0.15) is 5.10 Å². The highest BCUT2D eigenvalue weighted by Crippen LogP contribution is 2.60. The summed E-state index contributed by atoms with van der Waals surface area (Å²) >= 11 is 0. The number of anilines is 1. The summed E-state index contributed by atoms with van der Waals surface area (Å²) in [5, 5.41) is 10.8. The number of morpholine rings is 1. The molecular weight excluding hydrogens is 460 g/mol. The quantitative estimate of drug-likeness (QED) is 0.522. The van der Waals surface area contributed by atoms with E-state index in [9.17, 15) is 14.4 Å². The molecule has 10 heteroatoms. The van der Waals surface area contributed by atoms with Crippen molar-refractivity contribution in [3.63, 3.8) is 0 Å². The monoisotopic (exact) mass is 498 g/mol. The van der Waals surface area contributed by atoms with E-state index in [2.05, 4.69) is 20.6 Å². The molecule has 36 heavy (non-hydrogen) atoms. The van der Waals surface area contributed by atoms with Crippen molar-refractivity contribution in [3.8, 4) is 0 Å². The lowest BCUT2D eigenvalue weighted by molar-refractivity contribution is -0.145. The molecule has 10 nitrogen and oxygen atoms in total. The van der Waals surface area contributed by atoms with Crippen LogP contribution in [0.1, 0.15) is 63.2 Å². The summed E-state index contributed by atoms with van der Waals surface area (Å²) in [6, 6.07) is 0.0525. The highest BCUT2D eigenvalue weighted by atomic mass is 16.5. The fourth-order valence-electron chi connectivity index (χ4n) is 7.26. The number of ether oxygens (including phenoxy) is 1. The first-order chi connectivity index (χ1) is 17.1. The van der Waals surface area contributed by atoms with E-state index >= 15 is 0 Å². The topological polar surface area (TPSA) is 132 Å². The molecule has 2 unspecified atom stereocenters. The minimum Gasteiger partial charge on any atom is -0.378 e. The molecule has 1 aliphatic heterocycles. The molecule has 1 saturated heterocycles. The van der Waals surface area contributed by atoms with E-state index in [0.29, 0.717) is 37.8 Å². The summed E-state index contributed by atoms with van der Waals surface area (Å²) in [6.45, 7) is 7.77. The van der Waals surface area contributed by atoms with Gasteiger partial charge in [-0.05, 0) is 69.8 Å². The van der Waals surface area contributed by atoms with Crippen LogP contribution >= 0.6 is 0 Å². The molecule has 1 aromatic heterocycles. The highest BCUT2D eigenvalue weighted by Gasteiger charge is 2.58. The lowest BCUT2D eigenvalue weighted by atomic mass is 9.47. The number of carbonyl (C=O) groups is 3. The van der Waals surface area contributed by atoms with Crippen molar-refractivity contribution in [2.24, 2.45) is 28.9 Å². The Balaban J connectivity index is 1.39. The van der Waals surface area contributed by atoms with Gasteiger partial charge in [-0.3, -0.25) is 14.4 Å². The average Bonchev–Trinajstić information content (AvgIpc) is 3.23. The van der Waals surface area contributed by atoms with Crippen LogP contribution in [0, 0.1) is 23.2 Å². The van der Waals surface area contributed by atoms with Gasteiger partial charge in [0.15, 0.2) is 0 Å². The van der Waals surface area contributed by atoms with Crippen LogP contribution in [0.4, 0.5) is 5.82 Å². The van der Waals surface area contributed by atoms with E-state index in [1.54, 1.807) is 17.1 Å². The fourth-order valence-corrected chi connectivity index (χ4v) is 7.26. The SMILES string of the molecule is CC(=O)NC(C)(C)C=Cn1ncc(C(=O)NC2C3CC4CC2CC(C(N)=O)(C4)C3)c1N1CCOCC1. The zero-order valence-electron chi connectivity index (χ0n) is 21.5. The van der Waals surface area contributed by atoms with Crippen molar-refractivity contribution in [2.45, 2.75) is 64.5 Å². The van der Waals surface area contributed by atoms with Crippen molar-refractivity contribution in [2.75, 3.05) is 31.2 Å². The van der Waals surface area contributed by atoms with Gasteiger partial charge < -0.3 is 26.0 Å². The molecule has 2 atom stereocenters. The summed E-state index contributed by atoms with van der Waals surface area (Å²) in [6.07, 6.45) is 9.85. The zero-order chi connectivity index (χ0) is 25.7. The Bertz CT molecular complexity index is 1060. The van der Waals surface area contributed by atoms with Crippen LogP contribution < -0.4 is 21.3 Å². The van der Waals surface area contributed by atoms with Gasteiger partial charge in [0.05, 0.1) is 24.9 Å². The first-order valence-corrected chi connectivity index (χ1v) is 13.1. The number of aromatic nitrogens is 2. The van der Waals surface area contributed by atoms with E-state index in [4.69, 9.17) is 10.5 Å². The molecule has 0 radical (unpaired) electrons. The first kappa shape index (κ1) is 24.8. The van der Waals surface area contributed by atoms with Crippen LogP contribution in [0.2, 0.25) is 0 Å². The summed E-state index contributed by atoms with van der Waals surface area (Å²) in [5.41, 5.74) is 5.41. The number of amides is 3.